The summed E-state index contributed by atoms with van der Waals surface area (Å²) < 4.78 is 11.8. The first-order chi connectivity index (χ1) is 8.84. The maximum Gasteiger partial charge on any atom is 0.487 e. The predicted octanol–water partition coefficient (Wildman–Crippen LogP) is 3.89. The van der Waals surface area contributed by atoms with Crippen molar-refractivity contribution in [3.63, 3.8) is 0 Å². The van der Waals surface area contributed by atoms with E-state index >= 15 is 0 Å². The fourth-order valence-corrected chi connectivity index (χ4v) is 2.02. The molecule has 1 aromatic rings. The van der Waals surface area contributed by atoms with Crippen LogP contribution >= 0.6 is 0 Å². The molecule has 0 aromatic heterocycles. The molecule has 1 saturated heterocycles. The van der Waals surface area contributed by atoms with E-state index in [4.69, 9.17) is 9.31 Å². The van der Waals surface area contributed by atoms with E-state index in [9.17, 15) is 0 Å². The Balaban J connectivity index is 2.04. The second kappa shape index (κ2) is 5.14. The minimum Gasteiger partial charge on any atom is -0.400 e. The molecule has 0 bridgehead atoms. The molecule has 1 aliphatic rings. The van der Waals surface area contributed by atoms with Gasteiger partial charge in [0.1, 0.15) is 0 Å². The molecule has 19 heavy (non-hydrogen) atoms. The lowest BCUT2D eigenvalue weighted by atomic mass is 9.89. The maximum atomic E-state index is 5.92. The van der Waals surface area contributed by atoms with Crippen molar-refractivity contribution in [1.82, 2.24) is 0 Å². The van der Waals surface area contributed by atoms with Gasteiger partial charge < -0.3 is 9.31 Å². The highest BCUT2D eigenvalue weighted by atomic mass is 16.7. The molecule has 2 nitrogen and oxygen atoms in total. The molecule has 0 radical (unpaired) electrons. The van der Waals surface area contributed by atoms with Crippen molar-refractivity contribution in [3.8, 4) is 0 Å². The average Bonchev–Trinajstić information content (AvgIpc) is 2.56. The average molecular weight is 258 g/mol. The first-order valence-corrected chi connectivity index (χ1v) is 6.97. The van der Waals surface area contributed by atoms with Gasteiger partial charge in [0.2, 0.25) is 0 Å². The van der Waals surface area contributed by atoms with E-state index in [2.05, 4.69) is 65.0 Å². The van der Waals surface area contributed by atoms with E-state index < -0.39 is 0 Å². The number of hydrogen-bond acceptors (Lipinski definition) is 2. The van der Waals surface area contributed by atoms with Crippen LogP contribution in [-0.2, 0) is 15.7 Å². The topological polar surface area (TPSA) is 18.5 Å². The van der Waals surface area contributed by atoms with E-state index in [0.29, 0.717) is 0 Å². The van der Waals surface area contributed by atoms with Crippen LogP contribution in [0.2, 0.25) is 0 Å². The molecule has 1 aliphatic heterocycles. The van der Waals surface area contributed by atoms with Crippen LogP contribution in [0.4, 0.5) is 0 Å². The van der Waals surface area contributed by atoms with Crippen molar-refractivity contribution in [2.75, 3.05) is 0 Å². The summed E-state index contributed by atoms with van der Waals surface area (Å²) in [5.41, 5.74) is 1.99. The van der Waals surface area contributed by atoms with Gasteiger partial charge in [-0.15, -0.1) is 0 Å². The molecule has 0 atom stereocenters. The predicted molar refractivity (Wildman–Crippen MR) is 80.9 cm³/mol. The highest BCUT2D eigenvalue weighted by Crippen LogP contribution is 2.36. The van der Waals surface area contributed by atoms with Crippen molar-refractivity contribution in [2.45, 2.75) is 52.2 Å². The van der Waals surface area contributed by atoms with Gasteiger partial charge in [-0.05, 0) is 45.2 Å². The fourth-order valence-electron chi connectivity index (χ4n) is 2.02. The Labute approximate surface area is 117 Å². The van der Waals surface area contributed by atoms with Crippen molar-refractivity contribution in [2.24, 2.45) is 0 Å². The van der Waals surface area contributed by atoms with Crippen LogP contribution in [-0.4, -0.2) is 18.3 Å². The fraction of sp³-hybridized carbons (Fsp3) is 0.500. The Kier molecular flexibility index (Phi) is 3.89. The molecule has 1 fully saturated rings. The Morgan fingerprint density at radius 1 is 1.00 bits per heavy atom. The van der Waals surface area contributed by atoms with Crippen molar-refractivity contribution < 1.29 is 9.31 Å². The number of benzene rings is 1. The normalized spacial score (nSPS) is 21.2. The van der Waals surface area contributed by atoms with E-state index in [-0.39, 0.29) is 18.3 Å². The third kappa shape index (κ3) is 3.10. The first-order valence-electron chi connectivity index (χ1n) is 6.97. The summed E-state index contributed by atoms with van der Waals surface area (Å²) in [5, 5.41) is 0. The van der Waals surface area contributed by atoms with Gasteiger partial charge >= 0.3 is 7.12 Å². The van der Waals surface area contributed by atoms with Gasteiger partial charge in [-0.1, -0.05) is 43.2 Å². The van der Waals surface area contributed by atoms with Gasteiger partial charge in [-0.25, -0.2) is 0 Å². The van der Waals surface area contributed by atoms with Gasteiger partial charge in [0.25, 0.3) is 0 Å². The van der Waals surface area contributed by atoms with Crippen LogP contribution in [0.5, 0.6) is 0 Å². The summed E-state index contributed by atoms with van der Waals surface area (Å²) in [5.74, 6) is 1.98. The SMILES string of the molecule is CCc1ccc(C=CB2OC(C)(C)C(C)(C)O2)cc1. The molecule has 102 valence electrons. The van der Waals surface area contributed by atoms with Gasteiger partial charge in [0, 0.05) is 0 Å². The van der Waals surface area contributed by atoms with Crippen molar-refractivity contribution in [3.05, 3.63) is 41.4 Å². The van der Waals surface area contributed by atoms with Crippen LogP contribution in [0, 0.1) is 0 Å². The molecular formula is C16H23BO2. The number of rotatable bonds is 3. The van der Waals surface area contributed by atoms with E-state index in [1.807, 2.05) is 5.98 Å². The third-order valence-corrected chi connectivity index (χ3v) is 4.11. The molecule has 1 heterocycles. The highest BCUT2D eigenvalue weighted by Gasteiger charge is 2.49. The quantitative estimate of drug-likeness (QED) is 0.765. The molecule has 3 heteroatoms. The summed E-state index contributed by atoms with van der Waals surface area (Å²) in [6.45, 7) is 10.4. The zero-order valence-electron chi connectivity index (χ0n) is 12.6. The largest absolute Gasteiger partial charge is 0.487 e. The van der Waals surface area contributed by atoms with Crippen molar-refractivity contribution >= 4 is 13.2 Å². The van der Waals surface area contributed by atoms with Crippen LogP contribution in [0.25, 0.3) is 6.08 Å². The lowest BCUT2D eigenvalue weighted by Gasteiger charge is -2.32. The van der Waals surface area contributed by atoms with Crippen LogP contribution in [0.3, 0.4) is 0 Å². The summed E-state index contributed by atoms with van der Waals surface area (Å²) in [6.07, 6.45) is 3.13. The Morgan fingerprint density at radius 2 is 1.53 bits per heavy atom. The first kappa shape index (κ1) is 14.4. The standard InChI is InChI=1S/C16H23BO2/c1-6-13-7-9-14(10-8-13)11-12-17-18-15(2,3)16(4,5)19-17/h7-12H,6H2,1-5H3. The molecule has 0 amide bonds. The Bertz CT molecular complexity index is 444. The maximum absolute atomic E-state index is 5.92. The van der Waals surface area contributed by atoms with Gasteiger partial charge in [-0.3, -0.25) is 0 Å². The zero-order chi connectivity index (χ0) is 14.1. The molecule has 0 spiro atoms. The second-order valence-electron chi connectivity index (χ2n) is 6.08. The Hall–Kier alpha value is -1.06. The van der Waals surface area contributed by atoms with Gasteiger partial charge in [0.15, 0.2) is 0 Å². The lowest BCUT2D eigenvalue weighted by molar-refractivity contribution is 0.00578. The number of aryl methyl sites for hydroxylation is 1. The monoisotopic (exact) mass is 258 g/mol. The van der Waals surface area contributed by atoms with Crippen LogP contribution in [0.15, 0.2) is 30.2 Å². The van der Waals surface area contributed by atoms with Crippen molar-refractivity contribution in [1.29, 1.82) is 0 Å². The summed E-state index contributed by atoms with van der Waals surface area (Å²) in [4.78, 5) is 0. The van der Waals surface area contributed by atoms with E-state index in [1.165, 1.54) is 11.1 Å². The van der Waals surface area contributed by atoms with Crippen LogP contribution < -0.4 is 0 Å². The zero-order valence-corrected chi connectivity index (χ0v) is 12.6. The third-order valence-electron chi connectivity index (χ3n) is 4.11. The molecular weight excluding hydrogens is 235 g/mol. The summed E-state index contributed by atoms with van der Waals surface area (Å²) >= 11 is 0. The molecule has 1 aromatic carbocycles. The second-order valence-corrected chi connectivity index (χ2v) is 6.08. The van der Waals surface area contributed by atoms with E-state index in [0.717, 1.165) is 6.42 Å². The van der Waals surface area contributed by atoms with E-state index in [1.54, 1.807) is 0 Å². The van der Waals surface area contributed by atoms with Crippen LogP contribution in [0.1, 0.15) is 45.7 Å². The minimum absolute atomic E-state index is 0.268. The molecule has 0 N–H and O–H groups in total. The highest BCUT2D eigenvalue weighted by molar-refractivity contribution is 6.52. The molecule has 0 aliphatic carbocycles. The molecule has 0 saturated carbocycles. The minimum atomic E-state index is -0.270. The smallest absolute Gasteiger partial charge is 0.400 e. The Morgan fingerprint density at radius 3 is 2.00 bits per heavy atom. The number of hydrogen-bond donors (Lipinski definition) is 0. The van der Waals surface area contributed by atoms with Gasteiger partial charge in [0.05, 0.1) is 11.2 Å². The summed E-state index contributed by atoms with van der Waals surface area (Å²) in [6, 6.07) is 8.56. The lowest BCUT2D eigenvalue weighted by Crippen LogP contribution is -2.41. The van der Waals surface area contributed by atoms with Gasteiger partial charge in [-0.2, -0.15) is 0 Å². The molecule has 0 unspecified atom stereocenters. The summed E-state index contributed by atoms with van der Waals surface area (Å²) in [7, 11) is -0.268. The molecule has 2 rings (SSSR count).